The number of aromatic nitrogens is 2. The molecule has 2 aromatic rings. The monoisotopic (exact) mass is 264 g/mol. The van der Waals surface area contributed by atoms with Crippen LogP contribution in [-0.4, -0.2) is 21.7 Å². The Balaban J connectivity index is 1.80. The predicted octanol–water partition coefficient (Wildman–Crippen LogP) is 1.27. The Morgan fingerprint density at radius 3 is 3.06 bits per heavy atom. The Morgan fingerprint density at radius 1 is 1.61 bits per heavy atom. The third-order valence-electron chi connectivity index (χ3n) is 2.50. The van der Waals surface area contributed by atoms with E-state index in [9.17, 15) is 4.79 Å². The summed E-state index contributed by atoms with van der Waals surface area (Å²) in [6, 6.07) is 3.85. The molecule has 96 valence electrons. The van der Waals surface area contributed by atoms with Gasteiger partial charge in [-0.1, -0.05) is 0 Å². The maximum absolute atomic E-state index is 11.8. The molecule has 3 N–H and O–H groups in total. The number of carbonyl (C=O) groups is 1. The van der Waals surface area contributed by atoms with Crippen molar-refractivity contribution in [3.05, 3.63) is 34.7 Å². The van der Waals surface area contributed by atoms with Gasteiger partial charge in [0.15, 0.2) is 0 Å². The number of hydrogen-bond acceptors (Lipinski definition) is 4. The first-order valence-corrected chi connectivity index (χ1v) is 6.67. The van der Waals surface area contributed by atoms with Crippen LogP contribution in [0.25, 0.3) is 0 Å². The van der Waals surface area contributed by atoms with E-state index in [1.54, 1.807) is 23.6 Å². The molecule has 1 amide bonds. The Labute approximate surface area is 110 Å². The largest absolute Gasteiger partial charge is 0.382 e. The van der Waals surface area contributed by atoms with Gasteiger partial charge in [0.25, 0.3) is 0 Å². The second-order valence-corrected chi connectivity index (χ2v) is 5.02. The van der Waals surface area contributed by atoms with Crippen molar-refractivity contribution in [1.82, 2.24) is 15.1 Å². The van der Waals surface area contributed by atoms with Gasteiger partial charge in [-0.25, -0.2) is 0 Å². The van der Waals surface area contributed by atoms with Crippen molar-refractivity contribution in [1.29, 1.82) is 0 Å². The summed E-state index contributed by atoms with van der Waals surface area (Å²) in [5.74, 6) is 0.370. The fourth-order valence-corrected chi connectivity index (χ4v) is 2.43. The molecule has 0 bridgehead atoms. The molecular formula is C12H16N4OS. The fraction of sp³-hybridized carbons (Fsp3) is 0.333. The lowest BCUT2D eigenvalue weighted by atomic mass is 10.1. The van der Waals surface area contributed by atoms with Crippen LogP contribution >= 0.6 is 11.3 Å². The molecule has 2 aromatic heterocycles. The van der Waals surface area contributed by atoms with E-state index in [0.717, 1.165) is 6.42 Å². The van der Waals surface area contributed by atoms with Gasteiger partial charge in [0.1, 0.15) is 12.4 Å². The Hall–Kier alpha value is -1.82. The summed E-state index contributed by atoms with van der Waals surface area (Å²) in [5.41, 5.74) is 6.73. The van der Waals surface area contributed by atoms with Gasteiger partial charge < -0.3 is 11.1 Å². The minimum atomic E-state index is -0.0548. The molecule has 0 aliphatic carbocycles. The quantitative estimate of drug-likeness (QED) is 0.854. The smallest absolute Gasteiger partial charge is 0.241 e. The lowest BCUT2D eigenvalue weighted by Gasteiger charge is -2.13. The van der Waals surface area contributed by atoms with Gasteiger partial charge in [0, 0.05) is 12.2 Å². The van der Waals surface area contributed by atoms with Crippen molar-refractivity contribution in [3.63, 3.8) is 0 Å². The number of amides is 1. The SMILES string of the molecule is CC(Cc1ccsc1)NC(=O)Cn1ccc(N)n1. The molecule has 2 heterocycles. The van der Waals surface area contributed by atoms with Crippen LogP contribution in [0, 0.1) is 0 Å². The number of thiophene rings is 1. The first kappa shape index (κ1) is 12.6. The van der Waals surface area contributed by atoms with Gasteiger partial charge in [-0.3, -0.25) is 9.48 Å². The van der Waals surface area contributed by atoms with Gasteiger partial charge in [0.05, 0.1) is 0 Å². The van der Waals surface area contributed by atoms with Crippen molar-refractivity contribution in [2.75, 3.05) is 5.73 Å². The van der Waals surface area contributed by atoms with Gasteiger partial charge in [-0.2, -0.15) is 16.4 Å². The first-order valence-electron chi connectivity index (χ1n) is 5.73. The summed E-state index contributed by atoms with van der Waals surface area (Å²) in [5, 5.41) is 11.0. The molecular weight excluding hydrogens is 248 g/mol. The highest BCUT2D eigenvalue weighted by molar-refractivity contribution is 7.07. The van der Waals surface area contributed by atoms with Gasteiger partial charge in [0.2, 0.25) is 5.91 Å². The zero-order chi connectivity index (χ0) is 13.0. The summed E-state index contributed by atoms with van der Waals surface area (Å²) >= 11 is 1.67. The first-order chi connectivity index (χ1) is 8.63. The molecule has 1 unspecified atom stereocenters. The lowest BCUT2D eigenvalue weighted by Crippen LogP contribution is -2.36. The van der Waals surface area contributed by atoms with Gasteiger partial charge in [-0.15, -0.1) is 0 Å². The molecule has 1 atom stereocenters. The average molecular weight is 264 g/mol. The van der Waals surface area contributed by atoms with Crippen LogP contribution in [0.3, 0.4) is 0 Å². The maximum Gasteiger partial charge on any atom is 0.241 e. The second kappa shape index (κ2) is 5.68. The summed E-state index contributed by atoms with van der Waals surface area (Å²) in [6.07, 6.45) is 2.54. The number of anilines is 1. The van der Waals surface area contributed by atoms with Crippen LogP contribution in [0.4, 0.5) is 5.82 Å². The van der Waals surface area contributed by atoms with Crippen LogP contribution in [0.1, 0.15) is 12.5 Å². The van der Waals surface area contributed by atoms with Gasteiger partial charge in [-0.05, 0) is 41.8 Å². The number of nitrogens with one attached hydrogen (secondary N) is 1. The Bertz CT molecular complexity index is 506. The summed E-state index contributed by atoms with van der Waals surface area (Å²) in [6.45, 7) is 2.19. The van der Waals surface area contributed by atoms with E-state index >= 15 is 0 Å². The molecule has 0 aliphatic rings. The molecule has 0 spiro atoms. The summed E-state index contributed by atoms with van der Waals surface area (Å²) in [7, 11) is 0. The summed E-state index contributed by atoms with van der Waals surface area (Å²) < 4.78 is 1.53. The maximum atomic E-state index is 11.8. The van der Waals surface area contributed by atoms with E-state index in [1.807, 2.05) is 12.3 Å². The summed E-state index contributed by atoms with van der Waals surface area (Å²) in [4.78, 5) is 11.8. The van der Waals surface area contributed by atoms with Crippen molar-refractivity contribution in [2.24, 2.45) is 0 Å². The number of nitrogen functional groups attached to an aromatic ring is 1. The minimum absolute atomic E-state index is 0.0548. The molecule has 0 fully saturated rings. The van der Waals surface area contributed by atoms with Crippen molar-refractivity contribution < 1.29 is 4.79 Å². The third kappa shape index (κ3) is 3.59. The number of hydrogen-bond donors (Lipinski definition) is 2. The third-order valence-corrected chi connectivity index (χ3v) is 3.23. The number of rotatable bonds is 5. The van der Waals surface area contributed by atoms with Crippen LogP contribution in [0.2, 0.25) is 0 Å². The van der Waals surface area contributed by atoms with E-state index in [-0.39, 0.29) is 18.5 Å². The standard InChI is InChI=1S/C12H16N4OS/c1-9(6-10-3-5-18-8-10)14-12(17)7-16-4-2-11(13)15-16/h2-5,8-9H,6-7H2,1H3,(H2,13,15)(H,14,17). The highest BCUT2D eigenvalue weighted by Gasteiger charge is 2.09. The zero-order valence-corrected chi connectivity index (χ0v) is 11.0. The predicted molar refractivity (Wildman–Crippen MR) is 72.3 cm³/mol. The van der Waals surface area contributed by atoms with E-state index in [2.05, 4.69) is 21.9 Å². The molecule has 0 radical (unpaired) electrons. The normalized spacial score (nSPS) is 12.3. The molecule has 0 saturated carbocycles. The second-order valence-electron chi connectivity index (χ2n) is 4.24. The molecule has 6 heteroatoms. The van der Waals surface area contributed by atoms with Gasteiger partial charge >= 0.3 is 0 Å². The van der Waals surface area contributed by atoms with Crippen LogP contribution in [-0.2, 0) is 17.8 Å². The van der Waals surface area contributed by atoms with Crippen LogP contribution in [0.5, 0.6) is 0 Å². The molecule has 0 aromatic carbocycles. The van der Waals surface area contributed by atoms with E-state index < -0.39 is 0 Å². The molecule has 0 saturated heterocycles. The highest BCUT2D eigenvalue weighted by atomic mass is 32.1. The Kier molecular flexibility index (Phi) is 3.99. The average Bonchev–Trinajstić information content (AvgIpc) is 2.90. The van der Waals surface area contributed by atoms with Crippen molar-refractivity contribution in [2.45, 2.75) is 25.9 Å². The fourth-order valence-electron chi connectivity index (χ4n) is 1.75. The minimum Gasteiger partial charge on any atom is -0.382 e. The zero-order valence-electron chi connectivity index (χ0n) is 10.2. The van der Waals surface area contributed by atoms with Crippen molar-refractivity contribution >= 4 is 23.1 Å². The Morgan fingerprint density at radius 2 is 2.44 bits per heavy atom. The molecule has 5 nitrogen and oxygen atoms in total. The lowest BCUT2D eigenvalue weighted by molar-refractivity contribution is -0.122. The number of nitrogens with two attached hydrogens (primary N) is 1. The topological polar surface area (TPSA) is 72.9 Å². The molecule has 0 aliphatic heterocycles. The van der Waals surface area contributed by atoms with Crippen LogP contribution in [0.15, 0.2) is 29.1 Å². The highest BCUT2D eigenvalue weighted by Crippen LogP contribution is 2.08. The number of carbonyl (C=O) groups excluding carboxylic acids is 1. The molecule has 18 heavy (non-hydrogen) atoms. The van der Waals surface area contributed by atoms with Crippen molar-refractivity contribution in [3.8, 4) is 0 Å². The van der Waals surface area contributed by atoms with E-state index in [0.29, 0.717) is 5.82 Å². The van der Waals surface area contributed by atoms with E-state index in [4.69, 9.17) is 5.73 Å². The van der Waals surface area contributed by atoms with E-state index in [1.165, 1.54) is 10.2 Å². The number of nitrogens with zero attached hydrogens (tertiary/aromatic N) is 2. The molecule has 2 rings (SSSR count). The van der Waals surface area contributed by atoms with Crippen LogP contribution < -0.4 is 11.1 Å².